The van der Waals surface area contributed by atoms with Gasteiger partial charge in [-0.05, 0) is 60.3 Å². The summed E-state index contributed by atoms with van der Waals surface area (Å²) in [7, 11) is 4.66. The number of thioether (sulfide) groups is 1. The highest BCUT2D eigenvalue weighted by molar-refractivity contribution is 8.19. The predicted octanol–water partition coefficient (Wildman–Crippen LogP) is 3.95. The summed E-state index contributed by atoms with van der Waals surface area (Å²) < 4.78 is 15.6. The molecule has 2 amide bonds. The van der Waals surface area contributed by atoms with Crippen molar-refractivity contribution in [3.63, 3.8) is 0 Å². The van der Waals surface area contributed by atoms with Crippen LogP contribution in [0.2, 0.25) is 0 Å². The van der Waals surface area contributed by atoms with Crippen LogP contribution in [-0.4, -0.2) is 32.5 Å². The lowest BCUT2D eigenvalue weighted by molar-refractivity contribution is -0.113. The Morgan fingerprint density at radius 1 is 0.885 bits per heavy atom. The summed E-state index contributed by atoms with van der Waals surface area (Å²) >= 11 is 0.885. The predicted molar refractivity (Wildman–Crippen MR) is 101 cm³/mol. The van der Waals surface area contributed by atoms with Crippen molar-refractivity contribution in [1.82, 2.24) is 0 Å². The van der Waals surface area contributed by atoms with E-state index in [1.165, 1.54) is 0 Å². The molecule has 0 unspecified atom stereocenters. The number of hydrogen-bond acceptors (Lipinski definition) is 6. The fourth-order valence-electron chi connectivity index (χ4n) is 2.52. The quantitative estimate of drug-likeness (QED) is 0.742. The van der Waals surface area contributed by atoms with E-state index in [-0.39, 0.29) is 11.1 Å². The van der Waals surface area contributed by atoms with Crippen molar-refractivity contribution in [2.75, 3.05) is 26.2 Å². The van der Waals surface area contributed by atoms with E-state index in [4.69, 9.17) is 14.2 Å². The SMILES string of the molecule is COc1ccc(N2C(=O)S/C(=C\c3cc(OC)ccc3OC)C2=O)cc1. The first-order valence-electron chi connectivity index (χ1n) is 7.71. The molecule has 1 heterocycles. The van der Waals surface area contributed by atoms with Crippen LogP contribution in [0.5, 0.6) is 17.2 Å². The molecule has 1 saturated heterocycles. The van der Waals surface area contributed by atoms with E-state index >= 15 is 0 Å². The molecule has 134 valence electrons. The lowest BCUT2D eigenvalue weighted by atomic mass is 10.1. The summed E-state index contributed by atoms with van der Waals surface area (Å²) in [6.07, 6.45) is 1.63. The van der Waals surface area contributed by atoms with Crippen molar-refractivity contribution < 1.29 is 23.8 Å². The van der Waals surface area contributed by atoms with Gasteiger partial charge in [-0.3, -0.25) is 9.59 Å². The maximum Gasteiger partial charge on any atom is 0.298 e. The average Bonchev–Trinajstić information content (AvgIpc) is 2.95. The number of rotatable bonds is 5. The Balaban J connectivity index is 1.94. The molecule has 7 heteroatoms. The Morgan fingerprint density at radius 3 is 2.15 bits per heavy atom. The third-order valence-electron chi connectivity index (χ3n) is 3.85. The zero-order valence-corrected chi connectivity index (χ0v) is 15.3. The second-order valence-corrected chi connectivity index (χ2v) is 6.32. The summed E-state index contributed by atoms with van der Waals surface area (Å²) in [5, 5.41) is -0.353. The summed E-state index contributed by atoms with van der Waals surface area (Å²) in [5.41, 5.74) is 1.15. The fourth-order valence-corrected chi connectivity index (χ4v) is 3.35. The topological polar surface area (TPSA) is 65.1 Å². The fraction of sp³-hybridized carbons (Fsp3) is 0.158. The largest absolute Gasteiger partial charge is 0.497 e. The van der Waals surface area contributed by atoms with Crippen LogP contribution in [0.25, 0.3) is 6.08 Å². The van der Waals surface area contributed by atoms with Gasteiger partial charge in [0, 0.05) is 5.56 Å². The van der Waals surface area contributed by atoms with Gasteiger partial charge in [-0.25, -0.2) is 4.90 Å². The first-order chi connectivity index (χ1) is 12.6. The molecule has 1 aliphatic heterocycles. The minimum absolute atomic E-state index is 0.317. The summed E-state index contributed by atoms with van der Waals surface area (Å²) in [5.74, 6) is 1.49. The van der Waals surface area contributed by atoms with E-state index in [9.17, 15) is 9.59 Å². The molecule has 0 N–H and O–H groups in total. The van der Waals surface area contributed by atoms with Crippen LogP contribution in [0.15, 0.2) is 47.4 Å². The Kier molecular flexibility index (Phi) is 5.18. The Labute approximate surface area is 155 Å². The van der Waals surface area contributed by atoms with E-state index in [1.807, 2.05) is 0 Å². The number of imide groups is 1. The summed E-state index contributed by atoms with van der Waals surface area (Å²) in [6.45, 7) is 0. The zero-order chi connectivity index (χ0) is 18.7. The smallest absolute Gasteiger partial charge is 0.298 e. The molecule has 0 aliphatic carbocycles. The average molecular weight is 371 g/mol. The lowest BCUT2D eigenvalue weighted by Gasteiger charge is -2.12. The Bertz CT molecular complexity index is 876. The van der Waals surface area contributed by atoms with Gasteiger partial charge in [0.05, 0.1) is 31.9 Å². The third kappa shape index (κ3) is 3.39. The van der Waals surface area contributed by atoms with Crippen LogP contribution in [0, 0.1) is 0 Å². The normalized spacial score (nSPS) is 15.5. The number of benzene rings is 2. The van der Waals surface area contributed by atoms with Crippen molar-refractivity contribution in [2.45, 2.75) is 0 Å². The molecule has 0 aromatic heterocycles. The molecule has 0 spiro atoms. The van der Waals surface area contributed by atoms with E-state index in [0.29, 0.717) is 33.4 Å². The highest BCUT2D eigenvalue weighted by atomic mass is 32.2. The van der Waals surface area contributed by atoms with E-state index in [1.54, 1.807) is 69.9 Å². The van der Waals surface area contributed by atoms with Crippen LogP contribution in [0.4, 0.5) is 10.5 Å². The first kappa shape index (κ1) is 17.9. The summed E-state index contributed by atoms with van der Waals surface area (Å²) in [4.78, 5) is 26.6. The van der Waals surface area contributed by atoms with Gasteiger partial charge in [0.1, 0.15) is 17.2 Å². The Morgan fingerprint density at radius 2 is 1.54 bits per heavy atom. The molecule has 6 nitrogen and oxygen atoms in total. The molecule has 0 bridgehead atoms. The van der Waals surface area contributed by atoms with Gasteiger partial charge in [-0.2, -0.15) is 0 Å². The van der Waals surface area contributed by atoms with Gasteiger partial charge in [-0.15, -0.1) is 0 Å². The monoisotopic (exact) mass is 371 g/mol. The van der Waals surface area contributed by atoms with Crippen molar-refractivity contribution in [3.05, 3.63) is 52.9 Å². The van der Waals surface area contributed by atoms with Crippen molar-refractivity contribution in [3.8, 4) is 17.2 Å². The molecule has 2 aromatic rings. The van der Waals surface area contributed by atoms with Crippen LogP contribution in [0.1, 0.15) is 5.56 Å². The first-order valence-corrected chi connectivity index (χ1v) is 8.53. The zero-order valence-electron chi connectivity index (χ0n) is 14.5. The molecule has 0 atom stereocenters. The maximum atomic E-state index is 12.7. The highest BCUT2D eigenvalue weighted by Gasteiger charge is 2.36. The van der Waals surface area contributed by atoms with Gasteiger partial charge in [-0.1, -0.05) is 0 Å². The molecule has 26 heavy (non-hydrogen) atoms. The maximum absolute atomic E-state index is 12.7. The molecule has 2 aromatic carbocycles. The minimum atomic E-state index is -0.380. The van der Waals surface area contributed by atoms with E-state index < -0.39 is 0 Å². The number of methoxy groups -OCH3 is 3. The van der Waals surface area contributed by atoms with Gasteiger partial charge >= 0.3 is 0 Å². The lowest BCUT2D eigenvalue weighted by Crippen LogP contribution is -2.27. The van der Waals surface area contributed by atoms with Gasteiger partial charge < -0.3 is 14.2 Å². The number of carbonyl (C=O) groups is 2. The number of carbonyl (C=O) groups excluding carboxylic acids is 2. The number of amides is 2. The number of anilines is 1. The van der Waals surface area contributed by atoms with Crippen molar-refractivity contribution in [1.29, 1.82) is 0 Å². The highest BCUT2D eigenvalue weighted by Crippen LogP contribution is 2.37. The van der Waals surface area contributed by atoms with Crippen molar-refractivity contribution in [2.24, 2.45) is 0 Å². The second kappa shape index (κ2) is 7.53. The number of nitrogens with zero attached hydrogens (tertiary/aromatic N) is 1. The minimum Gasteiger partial charge on any atom is -0.497 e. The molecular weight excluding hydrogens is 354 g/mol. The third-order valence-corrected chi connectivity index (χ3v) is 4.72. The molecule has 1 aliphatic rings. The molecule has 0 radical (unpaired) electrons. The standard InChI is InChI=1S/C19H17NO5S/c1-23-14-6-4-13(5-7-14)20-18(21)17(26-19(20)22)11-12-10-15(24-2)8-9-16(12)25-3/h4-11H,1-3H3/b17-11-. The molecular formula is C19H17NO5S. The molecule has 1 fully saturated rings. The second-order valence-electron chi connectivity index (χ2n) is 5.32. The van der Waals surface area contributed by atoms with Gasteiger partial charge in [0.15, 0.2) is 0 Å². The molecule has 3 rings (SSSR count). The summed E-state index contributed by atoms with van der Waals surface area (Å²) in [6, 6.07) is 12.0. The van der Waals surface area contributed by atoms with E-state index in [2.05, 4.69) is 0 Å². The number of ether oxygens (including phenoxy) is 3. The Hall–Kier alpha value is -2.93. The van der Waals surface area contributed by atoms with Crippen LogP contribution in [0.3, 0.4) is 0 Å². The van der Waals surface area contributed by atoms with Crippen molar-refractivity contribution >= 4 is 34.7 Å². The van der Waals surface area contributed by atoms with Crippen LogP contribution in [-0.2, 0) is 4.79 Å². The van der Waals surface area contributed by atoms with Gasteiger partial charge in [0.25, 0.3) is 11.1 Å². The van der Waals surface area contributed by atoms with Crippen LogP contribution >= 0.6 is 11.8 Å². The molecule has 0 saturated carbocycles. The number of hydrogen-bond donors (Lipinski definition) is 0. The van der Waals surface area contributed by atoms with Crippen LogP contribution < -0.4 is 19.1 Å². The van der Waals surface area contributed by atoms with E-state index in [0.717, 1.165) is 16.7 Å². The van der Waals surface area contributed by atoms with Gasteiger partial charge in [0.2, 0.25) is 0 Å².